The summed E-state index contributed by atoms with van der Waals surface area (Å²) in [6.45, 7) is 6.90. The molecule has 0 heterocycles. The van der Waals surface area contributed by atoms with Crippen LogP contribution in [0.5, 0.6) is 0 Å². The van der Waals surface area contributed by atoms with E-state index in [-0.39, 0.29) is 29.0 Å². The molecule has 4 aliphatic carbocycles. The van der Waals surface area contributed by atoms with E-state index in [0.29, 0.717) is 17.8 Å². The predicted octanol–water partition coefficient (Wildman–Crippen LogP) is 3.11. The number of aliphatic hydroxyl groups is 3. The van der Waals surface area contributed by atoms with Crippen LogP contribution in [0.1, 0.15) is 72.1 Å². The van der Waals surface area contributed by atoms with Crippen molar-refractivity contribution in [1.82, 2.24) is 0 Å². The van der Waals surface area contributed by atoms with Crippen molar-refractivity contribution in [3.05, 3.63) is 0 Å². The zero-order valence-corrected chi connectivity index (χ0v) is 15.0. The van der Waals surface area contributed by atoms with E-state index in [9.17, 15) is 15.3 Å². The van der Waals surface area contributed by atoms with Crippen LogP contribution in [0, 0.1) is 34.0 Å². The van der Waals surface area contributed by atoms with E-state index in [0.717, 1.165) is 38.5 Å². The first kappa shape index (κ1) is 16.4. The van der Waals surface area contributed by atoms with Crippen LogP contribution in [-0.4, -0.2) is 33.6 Å². The van der Waals surface area contributed by atoms with Crippen molar-refractivity contribution in [2.45, 2.75) is 83.8 Å². The Hall–Kier alpha value is -0.120. The fourth-order valence-electron chi connectivity index (χ4n) is 8.00. The zero-order chi connectivity index (χ0) is 16.7. The van der Waals surface area contributed by atoms with Crippen LogP contribution < -0.4 is 0 Å². The monoisotopic (exact) mass is 322 g/mol. The molecule has 4 fully saturated rings. The Bertz CT molecular complexity index is 503. The molecule has 23 heavy (non-hydrogen) atoms. The summed E-state index contributed by atoms with van der Waals surface area (Å²) in [5.74, 6) is 1.27. The van der Waals surface area contributed by atoms with E-state index in [4.69, 9.17) is 0 Å². The van der Waals surface area contributed by atoms with Crippen molar-refractivity contribution in [3.8, 4) is 0 Å². The number of fused-ring (bicyclic) bond motifs is 3. The Morgan fingerprint density at radius 2 is 1.78 bits per heavy atom. The van der Waals surface area contributed by atoms with Crippen molar-refractivity contribution in [2.75, 3.05) is 6.61 Å². The van der Waals surface area contributed by atoms with Gasteiger partial charge in [0.05, 0.1) is 11.7 Å². The van der Waals surface area contributed by atoms with E-state index in [1.807, 2.05) is 6.92 Å². The molecule has 8 atom stereocenters. The Kier molecular flexibility index (Phi) is 3.37. The maximum absolute atomic E-state index is 11.2. The Morgan fingerprint density at radius 3 is 2.48 bits per heavy atom. The van der Waals surface area contributed by atoms with Crippen LogP contribution in [0.15, 0.2) is 0 Å². The molecule has 8 unspecified atom stereocenters. The second kappa shape index (κ2) is 4.74. The van der Waals surface area contributed by atoms with Crippen LogP contribution in [0.3, 0.4) is 0 Å². The maximum Gasteiger partial charge on any atom is 0.0654 e. The van der Waals surface area contributed by atoms with Gasteiger partial charge in [0.1, 0.15) is 0 Å². The average Bonchev–Trinajstić information content (AvgIpc) is 2.69. The molecule has 0 aliphatic heterocycles. The molecule has 0 radical (unpaired) electrons. The molecule has 4 aliphatic rings. The molecule has 0 saturated heterocycles. The van der Waals surface area contributed by atoms with Gasteiger partial charge in [-0.1, -0.05) is 20.3 Å². The van der Waals surface area contributed by atoms with Crippen LogP contribution in [0.4, 0.5) is 0 Å². The molecule has 4 rings (SSSR count). The van der Waals surface area contributed by atoms with Gasteiger partial charge in [-0.05, 0) is 80.5 Å². The molecule has 3 N–H and O–H groups in total. The van der Waals surface area contributed by atoms with Gasteiger partial charge in [-0.2, -0.15) is 0 Å². The second-order valence-corrected chi connectivity index (χ2v) is 10.3. The lowest BCUT2D eigenvalue weighted by molar-refractivity contribution is -0.206. The lowest BCUT2D eigenvalue weighted by atomic mass is 9.40. The third kappa shape index (κ3) is 1.93. The Labute approximate surface area is 140 Å². The first-order valence-electron chi connectivity index (χ1n) is 9.69. The third-order valence-electron chi connectivity index (χ3n) is 9.07. The zero-order valence-electron chi connectivity index (χ0n) is 15.0. The molecule has 1 spiro atoms. The molecule has 4 saturated carbocycles. The highest BCUT2D eigenvalue weighted by Crippen LogP contribution is 2.72. The van der Waals surface area contributed by atoms with Gasteiger partial charge >= 0.3 is 0 Å². The topological polar surface area (TPSA) is 60.7 Å². The molecular weight excluding hydrogens is 288 g/mol. The predicted molar refractivity (Wildman–Crippen MR) is 89.8 cm³/mol. The molecule has 0 amide bonds. The minimum absolute atomic E-state index is 0.0481. The van der Waals surface area contributed by atoms with Crippen LogP contribution in [-0.2, 0) is 0 Å². The molecule has 3 heteroatoms. The van der Waals surface area contributed by atoms with E-state index in [2.05, 4.69) is 13.8 Å². The van der Waals surface area contributed by atoms with Gasteiger partial charge in [0.15, 0.2) is 0 Å². The molecule has 132 valence electrons. The Morgan fingerprint density at radius 1 is 1.04 bits per heavy atom. The first-order valence-corrected chi connectivity index (χ1v) is 9.69. The lowest BCUT2D eigenvalue weighted by Crippen LogP contribution is -2.62. The van der Waals surface area contributed by atoms with Gasteiger partial charge in [-0.3, -0.25) is 0 Å². The van der Waals surface area contributed by atoms with Gasteiger partial charge < -0.3 is 15.3 Å². The summed E-state index contributed by atoms with van der Waals surface area (Å²) in [5, 5.41) is 32.2. The highest BCUT2D eigenvalue weighted by atomic mass is 16.3. The summed E-state index contributed by atoms with van der Waals surface area (Å²) < 4.78 is 0. The normalized spacial score (nSPS) is 61.8. The summed E-state index contributed by atoms with van der Waals surface area (Å²) in [6.07, 6.45) is 8.01. The van der Waals surface area contributed by atoms with Gasteiger partial charge in [0.25, 0.3) is 0 Å². The van der Waals surface area contributed by atoms with Crippen molar-refractivity contribution in [1.29, 1.82) is 0 Å². The summed E-state index contributed by atoms with van der Waals surface area (Å²) in [4.78, 5) is 0. The van der Waals surface area contributed by atoms with Crippen molar-refractivity contribution >= 4 is 0 Å². The van der Waals surface area contributed by atoms with Gasteiger partial charge in [0, 0.05) is 12.0 Å². The van der Waals surface area contributed by atoms with Gasteiger partial charge in [0.2, 0.25) is 0 Å². The number of hydrogen-bond donors (Lipinski definition) is 3. The van der Waals surface area contributed by atoms with Crippen molar-refractivity contribution < 1.29 is 15.3 Å². The molecule has 3 nitrogen and oxygen atoms in total. The van der Waals surface area contributed by atoms with E-state index >= 15 is 0 Å². The molecule has 2 bridgehead atoms. The number of rotatable bonds is 1. The number of hydrogen-bond acceptors (Lipinski definition) is 3. The summed E-state index contributed by atoms with van der Waals surface area (Å²) in [7, 11) is 0. The second-order valence-electron chi connectivity index (χ2n) is 10.3. The maximum atomic E-state index is 11.2. The summed E-state index contributed by atoms with van der Waals surface area (Å²) >= 11 is 0. The average molecular weight is 322 g/mol. The molecule has 0 aromatic carbocycles. The highest BCUT2D eigenvalue weighted by molar-refractivity contribution is 5.18. The fourth-order valence-corrected chi connectivity index (χ4v) is 8.00. The fraction of sp³-hybridized carbons (Fsp3) is 1.00. The van der Waals surface area contributed by atoms with E-state index in [1.165, 1.54) is 12.8 Å². The standard InChI is InChI=1S/C20H34O3/c1-17(12-21)7-4-8-18(2)14-6-5-13-10-20(14,11-19(13,3)23)16(22)9-15(17)18/h13-16,21-23H,4-12H2,1-3H3. The van der Waals surface area contributed by atoms with E-state index < -0.39 is 5.60 Å². The van der Waals surface area contributed by atoms with Crippen LogP contribution in [0.2, 0.25) is 0 Å². The SMILES string of the molecule is CC1(O)CC23CC1CCC2C1(C)CCCC(C)(CO)C1CC3O. The Balaban J connectivity index is 1.77. The minimum Gasteiger partial charge on any atom is -0.396 e. The third-order valence-corrected chi connectivity index (χ3v) is 9.07. The van der Waals surface area contributed by atoms with Crippen LogP contribution >= 0.6 is 0 Å². The summed E-state index contributed by atoms with van der Waals surface area (Å²) in [6, 6.07) is 0. The van der Waals surface area contributed by atoms with Crippen molar-refractivity contribution in [2.24, 2.45) is 34.0 Å². The first-order chi connectivity index (χ1) is 10.7. The molecular formula is C20H34O3. The van der Waals surface area contributed by atoms with E-state index in [1.54, 1.807) is 0 Å². The van der Waals surface area contributed by atoms with Gasteiger partial charge in [-0.15, -0.1) is 0 Å². The summed E-state index contributed by atoms with van der Waals surface area (Å²) in [5.41, 5.74) is -0.521. The molecule has 0 aromatic heterocycles. The van der Waals surface area contributed by atoms with Crippen LogP contribution in [0.25, 0.3) is 0 Å². The smallest absolute Gasteiger partial charge is 0.0654 e. The number of aliphatic hydroxyl groups excluding tert-OH is 2. The van der Waals surface area contributed by atoms with Gasteiger partial charge in [-0.25, -0.2) is 0 Å². The van der Waals surface area contributed by atoms with Crippen molar-refractivity contribution in [3.63, 3.8) is 0 Å². The highest BCUT2D eigenvalue weighted by Gasteiger charge is 2.69. The largest absolute Gasteiger partial charge is 0.396 e. The lowest BCUT2D eigenvalue weighted by Gasteiger charge is -2.65. The molecule has 0 aromatic rings. The minimum atomic E-state index is -0.603. The quantitative estimate of drug-likeness (QED) is 0.695.